The number of ether oxygens (including phenoxy) is 2. The Labute approximate surface area is 95.3 Å². The molecule has 0 aliphatic carbocycles. The molecule has 0 aliphatic rings. The SMILES string of the molecule is CCOC(=O)COc1cc(F)ccc1Br. The van der Waals surface area contributed by atoms with Crippen molar-refractivity contribution in [1.29, 1.82) is 0 Å². The molecule has 0 unspecified atom stereocenters. The molecule has 0 saturated carbocycles. The predicted molar refractivity (Wildman–Crippen MR) is 56.2 cm³/mol. The largest absolute Gasteiger partial charge is 0.481 e. The Bertz CT molecular complexity index is 355. The van der Waals surface area contributed by atoms with Gasteiger partial charge in [0.15, 0.2) is 6.61 Å². The summed E-state index contributed by atoms with van der Waals surface area (Å²) in [7, 11) is 0. The molecule has 3 nitrogen and oxygen atoms in total. The fourth-order valence-electron chi connectivity index (χ4n) is 0.927. The van der Waals surface area contributed by atoms with E-state index in [1.54, 1.807) is 6.92 Å². The first kappa shape index (κ1) is 12.0. The van der Waals surface area contributed by atoms with Crippen LogP contribution in [0.1, 0.15) is 6.92 Å². The maximum atomic E-state index is 12.8. The average Bonchev–Trinajstić information content (AvgIpc) is 2.20. The van der Waals surface area contributed by atoms with Crippen molar-refractivity contribution in [3.05, 3.63) is 28.5 Å². The number of carbonyl (C=O) groups excluding carboxylic acids is 1. The predicted octanol–water partition coefficient (Wildman–Crippen LogP) is 2.53. The molecule has 0 radical (unpaired) electrons. The van der Waals surface area contributed by atoms with E-state index in [1.165, 1.54) is 18.2 Å². The van der Waals surface area contributed by atoms with Gasteiger partial charge in [-0.25, -0.2) is 9.18 Å². The normalized spacial score (nSPS) is 9.80. The standard InChI is InChI=1S/C10H10BrFO3/c1-2-14-10(13)6-15-9-5-7(12)3-4-8(9)11/h3-5H,2,6H2,1H3. The van der Waals surface area contributed by atoms with E-state index in [4.69, 9.17) is 4.74 Å². The van der Waals surface area contributed by atoms with Gasteiger partial charge in [0.1, 0.15) is 11.6 Å². The van der Waals surface area contributed by atoms with Crippen molar-refractivity contribution >= 4 is 21.9 Å². The molecule has 0 aromatic heterocycles. The van der Waals surface area contributed by atoms with Crippen LogP contribution < -0.4 is 4.74 Å². The fraction of sp³-hybridized carbons (Fsp3) is 0.300. The van der Waals surface area contributed by atoms with E-state index in [-0.39, 0.29) is 12.4 Å². The molecule has 0 spiro atoms. The number of hydrogen-bond donors (Lipinski definition) is 0. The van der Waals surface area contributed by atoms with Gasteiger partial charge < -0.3 is 9.47 Å². The second-order valence-electron chi connectivity index (χ2n) is 2.67. The molecule has 0 N–H and O–H groups in total. The molecular weight excluding hydrogens is 267 g/mol. The van der Waals surface area contributed by atoms with Gasteiger partial charge in [0.25, 0.3) is 0 Å². The molecule has 0 fully saturated rings. The Balaban J connectivity index is 2.57. The van der Waals surface area contributed by atoms with Gasteiger partial charge in [-0.05, 0) is 35.0 Å². The first-order chi connectivity index (χ1) is 7.13. The zero-order chi connectivity index (χ0) is 11.3. The summed E-state index contributed by atoms with van der Waals surface area (Å²) in [6.07, 6.45) is 0. The lowest BCUT2D eigenvalue weighted by molar-refractivity contribution is -0.145. The van der Waals surface area contributed by atoms with Gasteiger partial charge in [0.2, 0.25) is 0 Å². The summed E-state index contributed by atoms with van der Waals surface area (Å²) in [6, 6.07) is 4.00. The summed E-state index contributed by atoms with van der Waals surface area (Å²) in [5.74, 6) is -0.617. The summed E-state index contributed by atoms with van der Waals surface area (Å²) in [5, 5.41) is 0. The fourth-order valence-corrected chi connectivity index (χ4v) is 1.29. The second kappa shape index (κ2) is 5.70. The molecule has 5 heteroatoms. The number of esters is 1. The molecule has 0 atom stereocenters. The van der Waals surface area contributed by atoms with Crippen molar-refractivity contribution < 1.29 is 18.7 Å². The summed E-state index contributed by atoms with van der Waals surface area (Å²) in [5.41, 5.74) is 0. The summed E-state index contributed by atoms with van der Waals surface area (Å²) in [6.45, 7) is 1.78. The monoisotopic (exact) mass is 276 g/mol. The topological polar surface area (TPSA) is 35.5 Å². The van der Waals surface area contributed by atoms with Crippen LogP contribution in [0.3, 0.4) is 0 Å². The minimum absolute atomic E-state index is 0.226. The van der Waals surface area contributed by atoms with Crippen LogP contribution in [-0.2, 0) is 9.53 Å². The molecule has 1 aromatic carbocycles. The highest BCUT2D eigenvalue weighted by molar-refractivity contribution is 9.10. The van der Waals surface area contributed by atoms with E-state index in [0.717, 1.165) is 0 Å². The molecular formula is C10H10BrFO3. The van der Waals surface area contributed by atoms with E-state index in [0.29, 0.717) is 11.1 Å². The van der Waals surface area contributed by atoms with Crippen LogP contribution in [0.2, 0.25) is 0 Å². The molecule has 0 heterocycles. The van der Waals surface area contributed by atoms with Gasteiger partial charge >= 0.3 is 5.97 Å². The van der Waals surface area contributed by atoms with Gasteiger partial charge in [-0.3, -0.25) is 0 Å². The highest BCUT2D eigenvalue weighted by Crippen LogP contribution is 2.25. The molecule has 1 aromatic rings. The third-order valence-corrected chi connectivity index (χ3v) is 2.20. The van der Waals surface area contributed by atoms with E-state index >= 15 is 0 Å². The van der Waals surface area contributed by atoms with E-state index < -0.39 is 11.8 Å². The molecule has 0 saturated heterocycles. The average molecular weight is 277 g/mol. The number of benzene rings is 1. The zero-order valence-corrected chi connectivity index (χ0v) is 9.71. The van der Waals surface area contributed by atoms with Gasteiger partial charge in [-0.15, -0.1) is 0 Å². The smallest absolute Gasteiger partial charge is 0.344 e. The third kappa shape index (κ3) is 3.87. The Hall–Kier alpha value is -1.10. The van der Waals surface area contributed by atoms with Crippen molar-refractivity contribution in [2.24, 2.45) is 0 Å². The molecule has 0 aliphatic heterocycles. The van der Waals surface area contributed by atoms with Crippen LogP contribution in [0.4, 0.5) is 4.39 Å². The van der Waals surface area contributed by atoms with E-state index in [1.807, 2.05) is 0 Å². The molecule has 0 bridgehead atoms. The minimum atomic E-state index is -0.478. The summed E-state index contributed by atoms with van der Waals surface area (Å²) < 4.78 is 23.1. The van der Waals surface area contributed by atoms with Crippen LogP contribution in [0, 0.1) is 5.82 Å². The maximum absolute atomic E-state index is 12.8. The lowest BCUT2D eigenvalue weighted by atomic mass is 10.3. The van der Waals surface area contributed by atoms with Crippen LogP contribution in [0.25, 0.3) is 0 Å². The molecule has 0 amide bonds. The number of halogens is 2. The number of hydrogen-bond acceptors (Lipinski definition) is 3. The van der Waals surface area contributed by atoms with Crippen LogP contribution in [0.15, 0.2) is 22.7 Å². The first-order valence-corrected chi connectivity index (χ1v) is 5.16. The first-order valence-electron chi connectivity index (χ1n) is 4.37. The van der Waals surface area contributed by atoms with Crippen LogP contribution in [0.5, 0.6) is 5.75 Å². The van der Waals surface area contributed by atoms with Crippen LogP contribution in [-0.4, -0.2) is 19.2 Å². The number of rotatable bonds is 4. The van der Waals surface area contributed by atoms with Gasteiger partial charge in [-0.1, -0.05) is 0 Å². The Morgan fingerprint density at radius 1 is 1.53 bits per heavy atom. The maximum Gasteiger partial charge on any atom is 0.344 e. The quantitative estimate of drug-likeness (QED) is 0.793. The van der Waals surface area contributed by atoms with Crippen molar-refractivity contribution in [3.63, 3.8) is 0 Å². The zero-order valence-electron chi connectivity index (χ0n) is 8.13. The molecule has 1 rings (SSSR count). The highest BCUT2D eigenvalue weighted by atomic mass is 79.9. The third-order valence-electron chi connectivity index (χ3n) is 1.54. The van der Waals surface area contributed by atoms with E-state index in [2.05, 4.69) is 20.7 Å². The van der Waals surface area contributed by atoms with Crippen molar-refractivity contribution in [2.75, 3.05) is 13.2 Å². The van der Waals surface area contributed by atoms with E-state index in [9.17, 15) is 9.18 Å². The Kier molecular flexibility index (Phi) is 4.55. The Morgan fingerprint density at radius 3 is 2.93 bits per heavy atom. The van der Waals surface area contributed by atoms with Gasteiger partial charge in [0, 0.05) is 6.07 Å². The molecule has 15 heavy (non-hydrogen) atoms. The molecule has 82 valence electrons. The lowest BCUT2D eigenvalue weighted by Crippen LogP contribution is -2.14. The Morgan fingerprint density at radius 2 is 2.27 bits per heavy atom. The highest BCUT2D eigenvalue weighted by Gasteiger charge is 2.06. The van der Waals surface area contributed by atoms with Crippen molar-refractivity contribution in [1.82, 2.24) is 0 Å². The van der Waals surface area contributed by atoms with Crippen LogP contribution >= 0.6 is 15.9 Å². The second-order valence-corrected chi connectivity index (χ2v) is 3.52. The number of carbonyl (C=O) groups is 1. The van der Waals surface area contributed by atoms with Gasteiger partial charge in [-0.2, -0.15) is 0 Å². The summed E-state index contributed by atoms with van der Waals surface area (Å²) in [4.78, 5) is 11.0. The van der Waals surface area contributed by atoms with Crippen molar-refractivity contribution in [2.45, 2.75) is 6.92 Å². The minimum Gasteiger partial charge on any atom is -0.481 e. The summed E-state index contributed by atoms with van der Waals surface area (Å²) >= 11 is 3.18. The van der Waals surface area contributed by atoms with Gasteiger partial charge in [0.05, 0.1) is 11.1 Å². The van der Waals surface area contributed by atoms with Crippen molar-refractivity contribution in [3.8, 4) is 5.75 Å². The lowest BCUT2D eigenvalue weighted by Gasteiger charge is -2.07.